The number of methoxy groups -OCH3 is 2. The van der Waals surface area contributed by atoms with Crippen LogP contribution in [0.15, 0.2) is 11.1 Å². The first-order chi connectivity index (χ1) is 9.95. The summed E-state index contributed by atoms with van der Waals surface area (Å²) in [4.78, 5) is 38.6. The lowest BCUT2D eigenvalue weighted by molar-refractivity contribution is -0.185. The summed E-state index contributed by atoms with van der Waals surface area (Å²) in [5.74, 6) is -1.58. The van der Waals surface area contributed by atoms with Crippen molar-refractivity contribution in [2.75, 3.05) is 20.8 Å². The molecule has 2 bridgehead atoms. The molecule has 21 heavy (non-hydrogen) atoms. The van der Waals surface area contributed by atoms with Gasteiger partial charge in [0.15, 0.2) is 17.6 Å². The van der Waals surface area contributed by atoms with Crippen molar-refractivity contribution in [3.63, 3.8) is 0 Å². The largest absolute Gasteiger partial charge is 0.466 e. The van der Waals surface area contributed by atoms with Gasteiger partial charge in [-0.25, -0.2) is 9.59 Å². The van der Waals surface area contributed by atoms with Gasteiger partial charge in [0.2, 0.25) is 0 Å². The Bertz CT molecular complexity index is 568. The fraction of sp³-hybridized carbons (Fsp3) is 0.643. The molecular formula is C14H17NO6. The average Bonchev–Trinajstić information content (AvgIpc) is 3.06. The summed E-state index contributed by atoms with van der Waals surface area (Å²) in [5.41, 5.74) is -1.05. The highest BCUT2D eigenvalue weighted by Gasteiger charge is 2.63. The van der Waals surface area contributed by atoms with Crippen molar-refractivity contribution in [2.45, 2.75) is 37.6 Å². The van der Waals surface area contributed by atoms with E-state index in [0.717, 1.165) is 6.42 Å². The van der Waals surface area contributed by atoms with E-state index in [4.69, 9.17) is 14.2 Å². The first kappa shape index (κ1) is 14.2. The van der Waals surface area contributed by atoms with Gasteiger partial charge in [-0.2, -0.15) is 0 Å². The predicted molar refractivity (Wildman–Crippen MR) is 69.1 cm³/mol. The Labute approximate surface area is 121 Å². The van der Waals surface area contributed by atoms with E-state index in [1.807, 2.05) is 4.90 Å². The average molecular weight is 295 g/mol. The molecule has 3 rings (SSSR count). The van der Waals surface area contributed by atoms with E-state index in [1.54, 1.807) is 6.92 Å². The molecule has 0 saturated carbocycles. The van der Waals surface area contributed by atoms with Crippen molar-refractivity contribution < 1.29 is 28.6 Å². The summed E-state index contributed by atoms with van der Waals surface area (Å²) >= 11 is 0. The van der Waals surface area contributed by atoms with E-state index in [0.29, 0.717) is 13.0 Å². The molecule has 3 aliphatic heterocycles. The van der Waals surface area contributed by atoms with Gasteiger partial charge in [0.25, 0.3) is 0 Å². The molecule has 0 aromatic heterocycles. The number of esters is 2. The molecule has 7 nitrogen and oxygen atoms in total. The molecule has 2 fully saturated rings. The molecule has 7 heteroatoms. The van der Waals surface area contributed by atoms with Crippen molar-refractivity contribution in [3.8, 4) is 0 Å². The highest BCUT2D eigenvalue weighted by atomic mass is 16.6. The van der Waals surface area contributed by atoms with Gasteiger partial charge in [0, 0.05) is 6.54 Å². The van der Waals surface area contributed by atoms with Gasteiger partial charge < -0.3 is 14.2 Å². The minimum absolute atomic E-state index is 0.0220. The quantitative estimate of drug-likeness (QED) is 0.652. The van der Waals surface area contributed by atoms with Crippen LogP contribution in [-0.2, 0) is 28.6 Å². The van der Waals surface area contributed by atoms with Gasteiger partial charge >= 0.3 is 11.9 Å². The van der Waals surface area contributed by atoms with E-state index in [1.165, 1.54) is 14.2 Å². The highest BCUT2D eigenvalue weighted by molar-refractivity contribution is 6.10. The standard InChI is InChI=1S/C14H17NO6/c1-14-9(13(18)20-3)8(12(17)19-2)11(21-14)10(16)7-5-4-6-15(7)14/h7,11H,4-6H2,1-3H3. The van der Waals surface area contributed by atoms with Crippen LogP contribution >= 0.6 is 0 Å². The van der Waals surface area contributed by atoms with Crippen LogP contribution in [0.4, 0.5) is 0 Å². The zero-order valence-corrected chi connectivity index (χ0v) is 12.2. The number of Topliss-reactive ketones (excluding diaryl/α,β-unsaturated/α-hetero) is 1. The molecule has 2 saturated heterocycles. The molecule has 3 heterocycles. The maximum atomic E-state index is 12.5. The number of ketones is 1. The maximum absolute atomic E-state index is 12.5. The first-order valence-electron chi connectivity index (χ1n) is 6.85. The molecular weight excluding hydrogens is 278 g/mol. The van der Waals surface area contributed by atoms with E-state index in [-0.39, 0.29) is 23.0 Å². The summed E-state index contributed by atoms with van der Waals surface area (Å²) < 4.78 is 15.3. The molecule has 0 aromatic rings. The second-order valence-electron chi connectivity index (χ2n) is 5.51. The fourth-order valence-electron chi connectivity index (χ4n) is 3.61. The number of hydrogen-bond acceptors (Lipinski definition) is 7. The normalized spacial score (nSPS) is 34.9. The Morgan fingerprint density at radius 2 is 1.95 bits per heavy atom. The molecule has 0 spiro atoms. The Hall–Kier alpha value is -1.73. The van der Waals surface area contributed by atoms with Crippen molar-refractivity contribution in [1.82, 2.24) is 4.90 Å². The number of ether oxygens (including phenoxy) is 3. The monoisotopic (exact) mass is 295 g/mol. The van der Waals surface area contributed by atoms with Crippen molar-refractivity contribution in [3.05, 3.63) is 11.1 Å². The van der Waals surface area contributed by atoms with Gasteiger partial charge in [0.05, 0.1) is 31.4 Å². The van der Waals surface area contributed by atoms with Gasteiger partial charge in [-0.15, -0.1) is 0 Å². The van der Waals surface area contributed by atoms with Crippen LogP contribution in [0.2, 0.25) is 0 Å². The second-order valence-corrected chi connectivity index (χ2v) is 5.51. The lowest BCUT2D eigenvalue weighted by Gasteiger charge is -2.43. The van der Waals surface area contributed by atoms with Crippen LogP contribution in [0.3, 0.4) is 0 Å². The van der Waals surface area contributed by atoms with Crippen LogP contribution in [0, 0.1) is 0 Å². The minimum Gasteiger partial charge on any atom is -0.466 e. The number of hydrogen-bond donors (Lipinski definition) is 0. The topological polar surface area (TPSA) is 82.1 Å². The van der Waals surface area contributed by atoms with E-state index < -0.39 is 23.8 Å². The van der Waals surface area contributed by atoms with Crippen LogP contribution in [0.5, 0.6) is 0 Å². The number of fused-ring (bicyclic) bond motifs is 4. The third-order valence-electron chi connectivity index (χ3n) is 4.53. The Kier molecular flexibility index (Phi) is 3.14. The number of carbonyl (C=O) groups excluding carboxylic acids is 3. The summed E-state index contributed by atoms with van der Waals surface area (Å²) in [6.45, 7) is 2.33. The summed E-state index contributed by atoms with van der Waals surface area (Å²) in [5, 5.41) is 0. The smallest absolute Gasteiger partial charge is 0.338 e. The summed E-state index contributed by atoms with van der Waals surface area (Å²) in [7, 11) is 2.44. The minimum atomic E-state index is -1.11. The number of nitrogens with zero attached hydrogens (tertiary/aromatic N) is 1. The van der Waals surface area contributed by atoms with Crippen LogP contribution in [0.25, 0.3) is 0 Å². The molecule has 3 atom stereocenters. The number of carbonyl (C=O) groups is 3. The lowest BCUT2D eigenvalue weighted by Crippen LogP contribution is -2.60. The predicted octanol–water partition coefficient (Wildman–Crippen LogP) is -0.209. The molecule has 0 amide bonds. The Morgan fingerprint density at radius 1 is 1.29 bits per heavy atom. The van der Waals surface area contributed by atoms with E-state index >= 15 is 0 Å². The molecule has 3 aliphatic rings. The summed E-state index contributed by atoms with van der Waals surface area (Å²) in [6, 6.07) is -0.324. The molecule has 0 aromatic carbocycles. The molecule has 0 radical (unpaired) electrons. The van der Waals surface area contributed by atoms with Crippen LogP contribution < -0.4 is 0 Å². The van der Waals surface area contributed by atoms with Gasteiger partial charge in [-0.3, -0.25) is 9.69 Å². The second kappa shape index (κ2) is 4.64. The van der Waals surface area contributed by atoms with E-state index in [9.17, 15) is 14.4 Å². The third-order valence-corrected chi connectivity index (χ3v) is 4.53. The zero-order valence-electron chi connectivity index (χ0n) is 12.2. The van der Waals surface area contributed by atoms with Crippen molar-refractivity contribution in [1.29, 1.82) is 0 Å². The lowest BCUT2D eigenvalue weighted by atomic mass is 9.98. The Morgan fingerprint density at radius 3 is 2.57 bits per heavy atom. The Balaban J connectivity index is 2.19. The molecule has 114 valence electrons. The van der Waals surface area contributed by atoms with Crippen molar-refractivity contribution >= 4 is 17.7 Å². The van der Waals surface area contributed by atoms with Crippen LogP contribution in [-0.4, -0.2) is 61.3 Å². The maximum Gasteiger partial charge on any atom is 0.338 e. The van der Waals surface area contributed by atoms with E-state index in [2.05, 4.69) is 0 Å². The zero-order chi connectivity index (χ0) is 15.4. The molecule has 0 aliphatic carbocycles. The van der Waals surface area contributed by atoms with Gasteiger partial charge in [-0.1, -0.05) is 0 Å². The molecule has 0 N–H and O–H groups in total. The third kappa shape index (κ3) is 1.70. The fourth-order valence-corrected chi connectivity index (χ4v) is 3.61. The highest BCUT2D eigenvalue weighted by Crippen LogP contribution is 2.48. The van der Waals surface area contributed by atoms with Gasteiger partial charge in [0.1, 0.15) is 0 Å². The summed E-state index contributed by atoms with van der Waals surface area (Å²) in [6.07, 6.45) is 0.511. The van der Waals surface area contributed by atoms with Gasteiger partial charge in [-0.05, 0) is 19.8 Å². The van der Waals surface area contributed by atoms with Crippen LogP contribution in [0.1, 0.15) is 19.8 Å². The molecule has 3 unspecified atom stereocenters. The SMILES string of the molecule is COC(=O)C1=C(C(=O)OC)C2(C)OC1C(=O)C1CCCN12. The van der Waals surface area contributed by atoms with Crippen molar-refractivity contribution in [2.24, 2.45) is 0 Å². The first-order valence-corrected chi connectivity index (χ1v) is 6.85. The number of rotatable bonds is 2.